The highest BCUT2D eigenvalue weighted by Gasteiger charge is 2.07. The van der Waals surface area contributed by atoms with Crippen LogP contribution in [0.5, 0.6) is 0 Å². The van der Waals surface area contributed by atoms with Crippen molar-refractivity contribution in [1.82, 2.24) is 10.3 Å². The molecule has 0 aromatic carbocycles. The topological polar surface area (TPSA) is 24.9 Å². The van der Waals surface area contributed by atoms with Gasteiger partial charge < -0.3 is 5.32 Å². The molecule has 13 heavy (non-hydrogen) atoms. The van der Waals surface area contributed by atoms with Crippen molar-refractivity contribution in [3.63, 3.8) is 0 Å². The van der Waals surface area contributed by atoms with Crippen LogP contribution in [0.15, 0.2) is 24.4 Å². The minimum atomic E-state index is 0.344. The fourth-order valence-electron chi connectivity index (χ4n) is 1.26. The van der Waals surface area contributed by atoms with Gasteiger partial charge in [-0.2, -0.15) is 0 Å². The Morgan fingerprint density at radius 2 is 2.15 bits per heavy atom. The van der Waals surface area contributed by atoms with Gasteiger partial charge in [0.1, 0.15) is 0 Å². The second kappa shape index (κ2) is 4.97. The number of hydrogen-bond acceptors (Lipinski definition) is 2. The predicted octanol–water partition coefficient (Wildman–Crippen LogP) is 2.53. The van der Waals surface area contributed by atoms with Crippen molar-refractivity contribution in [2.75, 3.05) is 0 Å². The normalized spacial score (nSPS) is 15.3. The predicted molar refractivity (Wildman–Crippen MR) is 55.5 cm³/mol. The Morgan fingerprint density at radius 3 is 2.69 bits per heavy atom. The summed E-state index contributed by atoms with van der Waals surface area (Å²) in [6.07, 6.45) is 2.99. The third-order valence-electron chi connectivity index (χ3n) is 2.28. The average Bonchev–Trinajstić information content (AvgIpc) is 2.19. The molecule has 0 aliphatic carbocycles. The molecule has 2 atom stereocenters. The van der Waals surface area contributed by atoms with Gasteiger partial charge in [0.25, 0.3) is 0 Å². The van der Waals surface area contributed by atoms with Crippen LogP contribution in [0.1, 0.15) is 38.9 Å². The molecular formula is C11H18N2. The number of rotatable bonds is 4. The molecule has 1 rings (SSSR count). The van der Waals surface area contributed by atoms with Crippen molar-refractivity contribution >= 4 is 0 Å². The molecule has 2 heteroatoms. The first-order valence-corrected chi connectivity index (χ1v) is 4.91. The first kappa shape index (κ1) is 10.2. The number of hydrogen-bond donors (Lipinski definition) is 1. The van der Waals surface area contributed by atoms with Gasteiger partial charge in [0.15, 0.2) is 0 Å². The van der Waals surface area contributed by atoms with Gasteiger partial charge in [0.05, 0.1) is 5.69 Å². The molecular weight excluding hydrogens is 160 g/mol. The van der Waals surface area contributed by atoms with Gasteiger partial charge >= 0.3 is 0 Å². The molecule has 0 fully saturated rings. The molecule has 0 spiro atoms. The summed E-state index contributed by atoms with van der Waals surface area (Å²) in [6, 6.07) is 6.92. The maximum Gasteiger partial charge on any atom is 0.0570 e. The molecule has 0 aliphatic rings. The van der Waals surface area contributed by atoms with E-state index in [2.05, 4.69) is 37.1 Å². The largest absolute Gasteiger partial charge is 0.306 e. The molecule has 1 N–H and O–H groups in total. The molecule has 2 nitrogen and oxygen atoms in total. The van der Waals surface area contributed by atoms with Crippen LogP contribution in [-0.2, 0) is 0 Å². The summed E-state index contributed by atoms with van der Waals surface area (Å²) in [5.74, 6) is 0. The molecule has 1 heterocycles. The first-order valence-electron chi connectivity index (χ1n) is 4.91. The zero-order chi connectivity index (χ0) is 9.68. The molecule has 72 valence electrons. The molecule has 1 aromatic rings. The maximum absolute atomic E-state index is 4.30. The van der Waals surface area contributed by atoms with Gasteiger partial charge in [0.2, 0.25) is 0 Å². The van der Waals surface area contributed by atoms with Crippen molar-refractivity contribution in [1.29, 1.82) is 0 Å². The molecule has 0 aliphatic heterocycles. The summed E-state index contributed by atoms with van der Waals surface area (Å²) in [5.41, 5.74) is 1.11. The summed E-state index contributed by atoms with van der Waals surface area (Å²) >= 11 is 0. The van der Waals surface area contributed by atoms with Gasteiger partial charge in [-0.15, -0.1) is 0 Å². The summed E-state index contributed by atoms with van der Waals surface area (Å²) in [4.78, 5) is 4.30. The molecule has 0 saturated heterocycles. The molecule has 0 radical (unpaired) electrons. The van der Waals surface area contributed by atoms with Crippen LogP contribution in [0.4, 0.5) is 0 Å². The van der Waals surface area contributed by atoms with Gasteiger partial charge in [-0.1, -0.05) is 13.0 Å². The standard InChI is InChI=1S/C11H18N2/c1-4-9(2)13-10(3)11-7-5-6-8-12-11/h5-10,13H,4H2,1-3H3/t9-,10-/m0/s1. The quantitative estimate of drug-likeness (QED) is 0.766. The minimum absolute atomic E-state index is 0.344. The van der Waals surface area contributed by atoms with Gasteiger partial charge in [0, 0.05) is 18.3 Å². The minimum Gasteiger partial charge on any atom is -0.306 e. The zero-order valence-electron chi connectivity index (χ0n) is 8.62. The third kappa shape index (κ3) is 3.15. The lowest BCUT2D eigenvalue weighted by atomic mass is 10.1. The summed E-state index contributed by atoms with van der Waals surface area (Å²) in [6.45, 7) is 6.52. The van der Waals surface area contributed by atoms with E-state index in [0.29, 0.717) is 12.1 Å². The van der Waals surface area contributed by atoms with Gasteiger partial charge in [-0.3, -0.25) is 4.98 Å². The third-order valence-corrected chi connectivity index (χ3v) is 2.28. The molecule has 0 amide bonds. The van der Waals surface area contributed by atoms with Crippen LogP contribution in [0.25, 0.3) is 0 Å². The van der Waals surface area contributed by atoms with Crippen molar-refractivity contribution in [3.05, 3.63) is 30.1 Å². The van der Waals surface area contributed by atoms with Crippen LogP contribution >= 0.6 is 0 Å². The van der Waals surface area contributed by atoms with E-state index in [4.69, 9.17) is 0 Å². The molecule has 0 saturated carbocycles. The van der Waals surface area contributed by atoms with Gasteiger partial charge in [-0.25, -0.2) is 0 Å². The van der Waals surface area contributed by atoms with Crippen molar-refractivity contribution in [2.45, 2.75) is 39.3 Å². The van der Waals surface area contributed by atoms with Crippen LogP contribution in [0, 0.1) is 0 Å². The summed E-state index contributed by atoms with van der Waals surface area (Å²) in [7, 11) is 0. The number of nitrogens with one attached hydrogen (secondary N) is 1. The number of nitrogens with zero attached hydrogens (tertiary/aromatic N) is 1. The van der Waals surface area contributed by atoms with Gasteiger partial charge in [-0.05, 0) is 32.4 Å². The van der Waals surface area contributed by atoms with Crippen molar-refractivity contribution < 1.29 is 0 Å². The highest BCUT2D eigenvalue weighted by atomic mass is 15.0. The molecule has 0 unspecified atom stereocenters. The van der Waals surface area contributed by atoms with E-state index in [1.54, 1.807) is 0 Å². The second-order valence-corrected chi connectivity index (χ2v) is 3.45. The van der Waals surface area contributed by atoms with E-state index in [1.807, 2.05) is 18.3 Å². The highest BCUT2D eigenvalue weighted by molar-refractivity contribution is 5.07. The van der Waals surface area contributed by atoms with E-state index in [-0.39, 0.29) is 0 Å². The summed E-state index contributed by atoms with van der Waals surface area (Å²) in [5, 5.41) is 3.48. The van der Waals surface area contributed by atoms with E-state index in [1.165, 1.54) is 0 Å². The first-order chi connectivity index (χ1) is 6.24. The fraction of sp³-hybridized carbons (Fsp3) is 0.545. The Hall–Kier alpha value is -0.890. The monoisotopic (exact) mass is 178 g/mol. The Balaban J connectivity index is 2.53. The second-order valence-electron chi connectivity index (χ2n) is 3.45. The van der Waals surface area contributed by atoms with Crippen LogP contribution in [0.2, 0.25) is 0 Å². The average molecular weight is 178 g/mol. The SMILES string of the molecule is CC[C@H](C)N[C@@H](C)c1ccccn1. The lowest BCUT2D eigenvalue weighted by molar-refractivity contribution is 0.462. The van der Waals surface area contributed by atoms with Crippen LogP contribution < -0.4 is 5.32 Å². The Bertz CT molecular complexity index is 233. The Kier molecular flexibility index (Phi) is 3.90. The lowest BCUT2D eigenvalue weighted by Gasteiger charge is -2.17. The Morgan fingerprint density at radius 1 is 1.38 bits per heavy atom. The van der Waals surface area contributed by atoms with E-state index in [0.717, 1.165) is 12.1 Å². The van der Waals surface area contributed by atoms with Crippen molar-refractivity contribution in [3.8, 4) is 0 Å². The smallest absolute Gasteiger partial charge is 0.0570 e. The zero-order valence-corrected chi connectivity index (χ0v) is 8.62. The number of aromatic nitrogens is 1. The Labute approximate surface area is 80.4 Å². The van der Waals surface area contributed by atoms with E-state index < -0.39 is 0 Å². The van der Waals surface area contributed by atoms with Crippen molar-refractivity contribution in [2.24, 2.45) is 0 Å². The van der Waals surface area contributed by atoms with E-state index >= 15 is 0 Å². The summed E-state index contributed by atoms with van der Waals surface area (Å²) < 4.78 is 0. The highest BCUT2D eigenvalue weighted by Crippen LogP contribution is 2.09. The van der Waals surface area contributed by atoms with E-state index in [9.17, 15) is 0 Å². The number of pyridine rings is 1. The maximum atomic E-state index is 4.30. The fourth-order valence-corrected chi connectivity index (χ4v) is 1.26. The molecule has 1 aromatic heterocycles. The molecule has 0 bridgehead atoms. The lowest BCUT2D eigenvalue weighted by Crippen LogP contribution is -2.28. The van der Waals surface area contributed by atoms with Crippen LogP contribution in [-0.4, -0.2) is 11.0 Å². The van der Waals surface area contributed by atoms with Crippen LogP contribution in [0.3, 0.4) is 0 Å².